The Balaban J connectivity index is 1.87. The molecule has 0 saturated carbocycles. The summed E-state index contributed by atoms with van der Waals surface area (Å²) in [6.45, 7) is 4.84. The van der Waals surface area contributed by atoms with Crippen LogP contribution in [0.25, 0.3) is 10.9 Å². The summed E-state index contributed by atoms with van der Waals surface area (Å²) in [7, 11) is 0. The first-order valence-corrected chi connectivity index (χ1v) is 7.61. The van der Waals surface area contributed by atoms with Crippen LogP contribution in [-0.2, 0) is 11.3 Å². The Morgan fingerprint density at radius 2 is 1.95 bits per heavy atom. The Kier molecular flexibility index (Phi) is 5.02. The zero-order valence-electron chi connectivity index (χ0n) is 12.8. The summed E-state index contributed by atoms with van der Waals surface area (Å²) >= 11 is 0. The van der Waals surface area contributed by atoms with Gasteiger partial charge in [-0.2, -0.15) is 0 Å². The van der Waals surface area contributed by atoms with Gasteiger partial charge in [-0.05, 0) is 30.4 Å². The van der Waals surface area contributed by atoms with Crippen LogP contribution in [-0.4, -0.2) is 27.7 Å². The molecule has 2 N–H and O–H groups in total. The molecule has 0 aliphatic carbocycles. The van der Waals surface area contributed by atoms with Gasteiger partial charge in [-0.1, -0.05) is 32.0 Å². The van der Waals surface area contributed by atoms with Gasteiger partial charge in [0.1, 0.15) is 0 Å². The molecule has 0 spiro atoms. The number of benzene rings is 1. The summed E-state index contributed by atoms with van der Waals surface area (Å²) in [6, 6.07) is 10.2. The summed E-state index contributed by atoms with van der Waals surface area (Å²) in [5, 5.41) is 14.2. The molecule has 0 fully saturated rings. The lowest BCUT2D eigenvalue weighted by atomic mass is 9.97. The van der Waals surface area contributed by atoms with Gasteiger partial charge in [0.25, 0.3) is 0 Å². The Morgan fingerprint density at radius 3 is 2.67 bits per heavy atom. The molecule has 21 heavy (non-hydrogen) atoms. The van der Waals surface area contributed by atoms with Crippen molar-refractivity contribution >= 4 is 16.8 Å². The van der Waals surface area contributed by atoms with Gasteiger partial charge >= 0.3 is 0 Å². The number of nitrogens with one attached hydrogen (secondary N) is 1. The van der Waals surface area contributed by atoms with Crippen molar-refractivity contribution in [1.29, 1.82) is 0 Å². The smallest absolute Gasteiger partial charge is 0.221 e. The molecule has 1 aromatic carbocycles. The molecule has 2 aromatic rings. The average Bonchev–Trinajstić information content (AvgIpc) is 2.94. The second kappa shape index (κ2) is 6.76. The SMILES string of the molecule is CCC(O)(CC)CNC(=O)CCn1ccc2ccccc21. The van der Waals surface area contributed by atoms with Crippen LogP contribution < -0.4 is 5.32 Å². The lowest BCUT2D eigenvalue weighted by Gasteiger charge is -2.25. The predicted octanol–water partition coefficient (Wildman–Crippen LogP) is 2.70. The summed E-state index contributed by atoms with van der Waals surface area (Å²) in [4.78, 5) is 11.9. The van der Waals surface area contributed by atoms with E-state index in [-0.39, 0.29) is 5.91 Å². The van der Waals surface area contributed by atoms with Crippen LogP contribution >= 0.6 is 0 Å². The molecule has 1 amide bonds. The van der Waals surface area contributed by atoms with E-state index in [1.165, 1.54) is 5.39 Å². The van der Waals surface area contributed by atoms with Crippen molar-refractivity contribution in [2.24, 2.45) is 0 Å². The van der Waals surface area contributed by atoms with Crippen LogP contribution in [0.2, 0.25) is 0 Å². The number of carbonyl (C=O) groups excluding carboxylic acids is 1. The van der Waals surface area contributed by atoms with E-state index in [2.05, 4.69) is 28.1 Å². The lowest BCUT2D eigenvalue weighted by Crippen LogP contribution is -2.42. The zero-order valence-corrected chi connectivity index (χ0v) is 12.8. The fourth-order valence-electron chi connectivity index (χ4n) is 2.41. The Hall–Kier alpha value is -1.81. The van der Waals surface area contributed by atoms with Crippen molar-refractivity contribution in [3.05, 3.63) is 36.5 Å². The number of aryl methyl sites for hydroxylation is 1. The number of nitrogens with zero attached hydrogens (tertiary/aromatic N) is 1. The van der Waals surface area contributed by atoms with Crippen LogP contribution in [0.4, 0.5) is 0 Å². The minimum atomic E-state index is -0.782. The van der Waals surface area contributed by atoms with Gasteiger partial charge < -0.3 is 15.0 Å². The first-order chi connectivity index (χ1) is 10.1. The first kappa shape index (κ1) is 15.6. The summed E-state index contributed by atoms with van der Waals surface area (Å²) in [5.41, 5.74) is 0.361. The molecular formula is C17H24N2O2. The molecule has 0 bridgehead atoms. The lowest BCUT2D eigenvalue weighted by molar-refractivity contribution is -0.122. The molecule has 114 valence electrons. The van der Waals surface area contributed by atoms with Gasteiger partial charge in [0.05, 0.1) is 5.60 Å². The Labute approximate surface area is 125 Å². The number of para-hydroxylation sites is 1. The van der Waals surface area contributed by atoms with E-state index >= 15 is 0 Å². The van der Waals surface area contributed by atoms with E-state index < -0.39 is 5.60 Å². The van der Waals surface area contributed by atoms with Crippen LogP contribution in [0.5, 0.6) is 0 Å². The Bertz CT molecular complexity index is 600. The third-order valence-electron chi connectivity index (χ3n) is 4.19. The molecule has 1 aromatic heterocycles. The number of amides is 1. The van der Waals surface area contributed by atoms with Crippen molar-refractivity contribution in [2.45, 2.75) is 45.3 Å². The third kappa shape index (κ3) is 3.85. The number of hydrogen-bond donors (Lipinski definition) is 2. The minimum absolute atomic E-state index is 0.0203. The summed E-state index contributed by atoms with van der Waals surface area (Å²) < 4.78 is 2.08. The van der Waals surface area contributed by atoms with Crippen LogP contribution in [0.1, 0.15) is 33.1 Å². The highest BCUT2D eigenvalue weighted by atomic mass is 16.3. The van der Waals surface area contributed by atoms with Gasteiger partial charge in [0.2, 0.25) is 5.91 Å². The number of carbonyl (C=O) groups is 1. The maximum atomic E-state index is 11.9. The molecule has 0 atom stereocenters. The highest BCUT2D eigenvalue weighted by Gasteiger charge is 2.22. The molecule has 0 saturated heterocycles. The number of fused-ring (bicyclic) bond motifs is 1. The van der Waals surface area contributed by atoms with Crippen LogP contribution in [0, 0.1) is 0 Å². The molecule has 4 nitrogen and oxygen atoms in total. The first-order valence-electron chi connectivity index (χ1n) is 7.61. The van der Waals surface area contributed by atoms with Crippen molar-refractivity contribution in [1.82, 2.24) is 9.88 Å². The van der Waals surface area contributed by atoms with E-state index in [0.717, 1.165) is 5.52 Å². The minimum Gasteiger partial charge on any atom is -0.388 e. The summed E-state index contributed by atoms with van der Waals surface area (Å²) in [6.07, 6.45) is 3.71. The summed E-state index contributed by atoms with van der Waals surface area (Å²) in [5.74, 6) is -0.0203. The number of aromatic nitrogens is 1. The van der Waals surface area contributed by atoms with E-state index in [4.69, 9.17) is 0 Å². The topological polar surface area (TPSA) is 54.3 Å². The van der Waals surface area contributed by atoms with Crippen LogP contribution in [0.3, 0.4) is 0 Å². The fourth-order valence-corrected chi connectivity index (χ4v) is 2.41. The molecule has 0 aliphatic rings. The quantitative estimate of drug-likeness (QED) is 0.823. The second-order valence-electron chi connectivity index (χ2n) is 5.53. The van der Waals surface area contributed by atoms with Gasteiger partial charge in [-0.15, -0.1) is 0 Å². The Morgan fingerprint density at radius 1 is 1.24 bits per heavy atom. The zero-order chi connectivity index (χ0) is 15.3. The van der Waals surface area contributed by atoms with E-state index in [1.54, 1.807) is 0 Å². The van der Waals surface area contributed by atoms with Crippen molar-refractivity contribution in [3.8, 4) is 0 Å². The monoisotopic (exact) mass is 288 g/mol. The molecule has 0 radical (unpaired) electrons. The molecule has 0 unspecified atom stereocenters. The second-order valence-corrected chi connectivity index (χ2v) is 5.53. The molecule has 2 rings (SSSR count). The predicted molar refractivity (Wildman–Crippen MR) is 85.1 cm³/mol. The van der Waals surface area contributed by atoms with Crippen molar-refractivity contribution in [2.75, 3.05) is 6.54 Å². The largest absolute Gasteiger partial charge is 0.388 e. The van der Waals surface area contributed by atoms with Gasteiger partial charge in [-0.25, -0.2) is 0 Å². The maximum Gasteiger partial charge on any atom is 0.221 e. The fraction of sp³-hybridized carbons (Fsp3) is 0.471. The van der Waals surface area contributed by atoms with E-state index in [1.807, 2.05) is 32.2 Å². The number of rotatable bonds is 7. The van der Waals surface area contributed by atoms with E-state index in [0.29, 0.717) is 32.4 Å². The molecule has 1 heterocycles. The highest BCUT2D eigenvalue weighted by molar-refractivity contribution is 5.80. The van der Waals surface area contributed by atoms with Crippen LogP contribution in [0.15, 0.2) is 36.5 Å². The van der Waals surface area contributed by atoms with Gasteiger partial charge in [0, 0.05) is 31.2 Å². The molecule has 4 heteroatoms. The molecular weight excluding hydrogens is 264 g/mol. The normalized spacial score (nSPS) is 11.8. The van der Waals surface area contributed by atoms with Crippen molar-refractivity contribution in [3.63, 3.8) is 0 Å². The standard InChI is InChI=1S/C17H24N2O2/c1-3-17(21,4-2)13-18-16(20)10-12-19-11-9-14-7-5-6-8-15(14)19/h5-9,11,21H,3-4,10,12-13H2,1-2H3,(H,18,20). The van der Waals surface area contributed by atoms with Gasteiger partial charge in [-0.3, -0.25) is 4.79 Å². The van der Waals surface area contributed by atoms with E-state index in [9.17, 15) is 9.90 Å². The average molecular weight is 288 g/mol. The highest BCUT2D eigenvalue weighted by Crippen LogP contribution is 2.15. The maximum absolute atomic E-state index is 11.9. The van der Waals surface area contributed by atoms with Gasteiger partial charge in [0.15, 0.2) is 0 Å². The third-order valence-corrected chi connectivity index (χ3v) is 4.19. The molecule has 0 aliphatic heterocycles. The number of aliphatic hydroxyl groups is 1. The van der Waals surface area contributed by atoms with Crippen molar-refractivity contribution < 1.29 is 9.90 Å². The number of hydrogen-bond acceptors (Lipinski definition) is 2.